The first kappa shape index (κ1) is 18.0. The molecule has 0 aromatic heterocycles. The molecule has 138 valence electrons. The van der Waals surface area contributed by atoms with Crippen LogP contribution in [-0.4, -0.2) is 17.5 Å². The lowest BCUT2D eigenvalue weighted by Crippen LogP contribution is -2.60. The molecule has 0 aliphatic carbocycles. The second-order valence-electron chi connectivity index (χ2n) is 7.54. The lowest BCUT2D eigenvalue weighted by Gasteiger charge is -2.52. The number of rotatable bonds is 6. The zero-order valence-corrected chi connectivity index (χ0v) is 16.1. The van der Waals surface area contributed by atoms with Crippen LogP contribution in [0.15, 0.2) is 91.0 Å². The number of nitrogens with zero attached hydrogens (tertiary/aromatic N) is 1. The SMILES string of the molecule is C[C@@H](N[C@H]1CN([C@@H](C)c2ccccc2)[C@H]1c1ccccc1)c1ccccc1. The molecule has 2 heteroatoms. The van der Waals surface area contributed by atoms with Crippen LogP contribution in [0.2, 0.25) is 0 Å². The molecule has 1 fully saturated rings. The van der Waals surface area contributed by atoms with E-state index in [0.29, 0.717) is 24.2 Å². The predicted octanol–water partition coefficient (Wildman–Crippen LogP) is 5.52. The monoisotopic (exact) mass is 356 g/mol. The van der Waals surface area contributed by atoms with Gasteiger partial charge in [0.2, 0.25) is 0 Å². The first-order valence-electron chi connectivity index (χ1n) is 9.90. The maximum Gasteiger partial charge on any atom is 0.0520 e. The Kier molecular flexibility index (Phi) is 5.38. The maximum atomic E-state index is 3.88. The molecule has 0 saturated carbocycles. The van der Waals surface area contributed by atoms with Gasteiger partial charge in [0.15, 0.2) is 0 Å². The third-order valence-corrected chi connectivity index (χ3v) is 5.83. The van der Waals surface area contributed by atoms with Gasteiger partial charge in [-0.05, 0) is 30.5 Å². The Labute approximate surface area is 162 Å². The van der Waals surface area contributed by atoms with E-state index < -0.39 is 0 Å². The molecule has 3 aromatic rings. The molecular formula is C25H28N2. The van der Waals surface area contributed by atoms with Crippen LogP contribution in [0.1, 0.15) is 48.7 Å². The predicted molar refractivity (Wildman–Crippen MR) is 113 cm³/mol. The van der Waals surface area contributed by atoms with E-state index in [4.69, 9.17) is 0 Å². The number of nitrogens with one attached hydrogen (secondary N) is 1. The molecule has 0 radical (unpaired) electrons. The Morgan fingerprint density at radius 1 is 0.741 bits per heavy atom. The summed E-state index contributed by atoms with van der Waals surface area (Å²) in [7, 11) is 0. The molecular weight excluding hydrogens is 328 g/mol. The Morgan fingerprint density at radius 2 is 1.26 bits per heavy atom. The minimum absolute atomic E-state index is 0.344. The van der Waals surface area contributed by atoms with Crippen molar-refractivity contribution in [3.63, 3.8) is 0 Å². The highest BCUT2D eigenvalue weighted by molar-refractivity contribution is 5.28. The van der Waals surface area contributed by atoms with Gasteiger partial charge in [-0.15, -0.1) is 0 Å². The van der Waals surface area contributed by atoms with Gasteiger partial charge in [-0.25, -0.2) is 0 Å². The average molecular weight is 357 g/mol. The van der Waals surface area contributed by atoms with Gasteiger partial charge in [0.05, 0.1) is 6.04 Å². The molecule has 1 N–H and O–H groups in total. The van der Waals surface area contributed by atoms with Crippen molar-refractivity contribution in [3.05, 3.63) is 108 Å². The van der Waals surface area contributed by atoms with Gasteiger partial charge in [0.25, 0.3) is 0 Å². The standard InChI is InChI=1S/C25H28N2/c1-19(21-12-6-3-7-13-21)26-24-18-27(20(2)22-14-8-4-9-15-22)25(24)23-16-10-5-11-17-23/h3-17,19-20,24-26H,18H2,1-2H3/t19-,20+,24+,25+/m1/s1. The van der Waals surface area contributed by atoms with Crippen molar-refractivity contribution in [3.8, 4) is 0 Å². The van der Waals surface area contributed by atoms with Gasteiger partial charge in [0, 0.05) is 24.7 Å². The number of hydrogen-bond donors (Lipinski definition) is 1. The van der Waals surface area contributed by atoms with Gasteiger partial charge < -0.3 is 5.32 Å². The molecule has 3 aromatic carbocycles. The first-order valence-corrected chi connectivity index (χ1v) is 9.90. The van der Waals surface area contributed by atoms with Crippen molar-refractivity contribution in [2.75, 3.05) is 6.54 Å². The highest BCUT2D eigenvalue weighted by atomic mass is 15.3. The maximum absolute atomic E-state index is 3.88. The Bertz CT molecular complexity index is 832. The van der Waals surface area contributed by atoms with E-state index in [0.717, 1.165) is 6.54 Å². The number of benzene rings is 3. The van der Waals surface area contributed by atoms with Crippen LogP contribution in [0.5, 0.6) is 0 Å². The molecule has 1 aliphatic heterocycles. The van der Waals surface area contributed by atoms with Crippen LogP contribution < -0.4 is 5.32 Å². The van der Waals surface area contributed by atoms with Crippen LogP contribution >= 0.6 is 0 Å². The Balaban J connectivity index is 1.54. The second kappa shape index (κ2) is 8.08. The quantitative estimate of drug-likeness (QED) is 0.625. The van der Waals surface area contributed by atoms with Gasteiger partial charge >= 0.3 is 0 Å². The topological polar surface area (TPSA) is 15.3 Å². The van der Waals surface area contributed by atoms with Crippen LogP contribution in [0, 0.1) is 0 Å². The molecule has 0 bridgehead atoms. The number of hydrogen-bond acceptors (Lipinski definition) is 2. The normalized spacial score (nSPS) is 22.0. The van der Waals surface area contributed by atoms with Crippen LogP contribution in [-0.2, 0) is 0 Å². The van der Waals surface area contributed by atoms with Crippen molar-refractivity contribution < 1.29 is 0 Å². The van der Waals surface area contributed by atoms with E-state index in [1.54, 1.807) is 0 Å². The van der Waals surface area contributed by atoms with Crippen molar-refractivity contribution in [2.45, 2.75) is 38.0 Å². The minimum Gasteiger partial charge on any atom is -0.304 e. The summed E-state index contributed by atoms with van der Waals surface area (Å²) in [6, 6.07) is 34.1. The molecule has 27 heavy (non-hydrogen) atoms. The fourth-order valence-electron chi connectivity index (χ4n) is 4.23. The fourth-order valence-corrected chi connectivity index (χ4v) is 4.23. The molecule has 4 atom stereocenters. The van der Waals surface area contributed by atoms with E-state index in [1.165, 1.54) is 16.7 Å². The Morgan fingerprint density at radius 3 is 1.85 bits per heavy atom. The lowest BCUT2D eigenvalue weighted by atomic mass is 9.85. The summed E-state index contributed by atoms with van der Waals surface area (Å²) >= 11 is 0. The smallest absolute Gasteiger partial charge is 0.0520 e. The summed E-state index contributed by atoms with van der Waals surface area (Å²) < 4.78 is 0. The summed E-state index contributed by atoms with van der Waals surface area (Å²) in [5, 5.41) is 3.88. The Hall–Kier alpha value is -2.42. The fraction of sp³-hybridized carbons (Fsp3) is 0.280. The highest BCUT2D eigenvalue weighted by Crippen LogP contribution is 2.41. The molecule has 0 amide bonds. The molecule has 1 saturated heterocycles. The zero-order chi connectivity index (χ0) is 18.6. The summed E-state index contributed by atoms with van der Waals surface area (Å²) in [6.45, 7) is 5.65. The van der Waals surface area contributed by atoms with Gasteiger partial charge in [-0.3, -0.25) is 4.90 Å². The van der Waals surface area contributed by atoms with E-state index in [1.807, 2.05) is 0 Å². The first-order chi connectivity index (χ1) is 13.2. The molecule has 1 aliphatic rings. The average Bonchev–Trinajstić information content (AvgIpc) is 2.72. The van der Waals surface area contributed by atoms with E-state index >= 15 is 0 Å². The van der Waals surface area contributed by atoms with E-state index in [-0.39, 0.29) is 0 Å². The minimum atomic E-state index is 0.344. The summed E-state index contributed by atoms with van der Waals surface area (Å²) in [5.41, 5.74) is 4.12. The largest absolute Gasteiger partial charge is 0.304 e. The van der Waals surface area contributed by atoms with Crippen molar-refractivity contribution in [1.82, 2.24) is 10.2 Å². The second-order valence-corrected chi connectivity index (χ2v) is 7.54. The number of likely N-dealkylation sites (tertiary alicyclic amines) is 1. The third kappa shape index (κ3) is 3.83. The molecule has 0 unspecified atom stereocenters. The summed E-state index contributed by atoms with van der Waals surface area (Å²) in [5.74, 6) is 0. The van der Waals surface area contributed by atoms with Crippen molar-refractivity contribution in [2.24, 2.45) is 0 Å². The molecule has 0 spiro atoms. The third-order valence-electron chi connectivity index (χ3n) is 5.83. The van der Waals surface area contributed by atoms with Crippen LogP contribution in [0.4, 0.5) is 0 Å². The van der Waals surface area contributed by atoms with Crippen molar-refractivity contribution >= 4 is 0 Å². The molecule has 4 rings (SSSR count). The lowest BCUT2D eigenvalue weighted by molar-refractivity contribution is 0.00125. The molecule has 2 nitrogen and oxygen atoms in total. The van der Waals surface area contributed by atoms with Crippen LogP contribution in [0.3, 0.4) is 0 Å². The van der Waals surface area contributed by atoms with Gasteiger partial charge in [0.1, 0.15) is 0 Å². The molecule has 1 heterocycles. The highest BCUT2D eigenvalue weighted by Gasteiger charge is 2.42. The summed E-state index contributed by atoms with van der Waals surface area (Å²) in [6.07, 6.45) is 0. The van der Waals surface area contributed by atoms with Crippen molar-refractivity contribution in [1.29, 1.82) is 0 Å². The van der Waals surface area contributed by atoms with E-state index in [2.05, 4.69) is 115 Å². The zero-order valence-electron chi connectivity index (χ0n) is 16.1. The van der Waals surface area contributed by atoms with Crippen LogP contribution in [0.25, 0.3) is 0 Å². The van der Waals surface area contributed by atoms with E-state index in [9.17, 15) is 0 Å². The van der Waals surface area contributed by atoms with Gasteiger partial charge in [-0.2, -0.15) is 0 Å². The van der Waals surface area contributed by atoms with Gasteiger partial charge in [-0.1, -0.05) is 91.0 Å². The summed E-state index contributed by atoms with van der Waals surface area (Å²) in [4.78, 5) is 2.61.